The number of quaternary nitrogens is 1. The van der Waals surface area contributed by atoms with E-state index in [1.165, 1.54) is 69.3 Å². The Hall–Kier alpha value is -0.0800. The molecule has 0 spiro atoms. The molecule has 4 fully saturated rings. The quantitative estimate of drug-likeness (QED) is 0.536. The van der Waals surface area contributed by atoms with Gasteiger partial charge in [0.2, 0.25) is 0 Å². The monoisotopic (exact) mass is 349 g/mol. The summed E-state index contributed by atoms with van der Waals surface area (Å²) in [5, 5.41) is 0. The molecule has 1 aliphatic heterocycles. The summed E-state index contributed by atoms with van der Waals surface area (Å²) in [7, 11) is 4.97. The molecule has 1 saturated heterocycles. The molecule has 0 amide bonds. The predicted octanol–water partition coefficient (Wildman–Crippen LogP) is 4.89. The van der Waals surface area contributed by atoms with Crippen LogP contribution in [0.5, 0.6) is 0 Å². The average molecular weight is 350 g/mol. The van der Waals surface area contributed by atoms with Crippen LogP contribution in [0.3, 0.4) is 0 Å². The van der Waals surface area contributed by atoms with Crippen molar-refractivity contribution in [3.8, 4) is 0 Å². The predicted molar refractivity (Wildman–Crippen MR) is 109 cm³/mol. The molecule has 0 aromatic rings. The topological polar surface area (TPSA) is 3.24 Å². The van der Waals surface area contributed by atoms with Crippen molar-refractivity contribution < 1.29 is 4.48 Å². The van der Waals surface area contributed by atoms with E-state index in [-0.39, 0.29) is 0 Å². The van der Waals surface area contributed by atoms with Crippen molar-refractivity contribution in [2.24, 2.45) is 35.5 Å². The molecule has 2 heteroatoms. The number of likely N-dealkylation sites (tertiary alicyclic amines) is 1. The Morgan fingerprint density at radius 2 is 1.44 bits per heavy atom. The zero-order valence-corrected chi connectivity index (χ0v) is 17.8. The summed E-state index contributed by atoms with van der Waals surface area (Å²) in [5.74, 6) is 6.19. The molecule has 2 nitrogen and oxygen atoms in total. The van der Waals surface area contributed by atoms with Gasteiger partial charge in [-0.25, -0.2) is 0 Å². The van der Waals surface area contributed by atoms with Crippen LogP contribution in [0.15, 0.2) is 0 Å². The van der Waals surface area contributed by atoms with Gasteiger partial charge >= 0.3 is 0 Å². The Kier molecular flexibility index (Phi) is 6.53. The van der Waals surface area contributed by atoms with Crippen molar-refractivity contribution >= 4 is 0 Å². The van der Waals surface area contributed by atoms with Crippen LogP contribution >= 0.6 is 0 Å². The minimum Gasteiger partial charge on any atom is -0.326 e. The Balaban J connectivity index is 1.71. The molecule has 4 rings (SSSR count). The summed E-state index contributed by atoms with van der Waals surface area (Å²) in [4.78, 5) is 2.67. The van der Waals surface area contributed by atoms with Gasteiger partial charge in [-0.3, -0.25) is 0 Å². The molecule has 146 valence electrons. The Morgan fingerprint density at radius 1 is 0.840 bits per heavy atom. The molecule has 7 atom stereocenters. The first kappa shape index (κ1) is 19.7. The van der Waals surface area contributed by atoms with Crippen molar-refractivity contribution in [3.05, 3.63) is 0 Å². The maximum Gasteiger partial charge on any atom is 0.0821 e. The van der Waals surface area contributed by atoms with Crippen molar-refractivity contribution in [2.75, 3.05) is 46.8 Å². The van der Waals surface area contributed by atoms with Gasteiger partial charge in [-0.05, 0) is 62.9 Å². The van der Waals surface area contributed by atoms with E-state index in [4.69, 9.17) is 0 Å². The Bertz CT molecular complexity index is 422. The van der Waals surface area contributed by atoms with Crippen molar-refractivity contribution in [2.45, 2.75) is 65.7 Å². The van der Waals surface area contributed by atoms with E-state index in [1.807, 2.05) is 0 Å². The molecule has 1 heterocycles. The average Bonchev–Trinajstić information content (AvgIpc) is 2.97. The lowest BCUT2D eigenvalue weighted by Gasteiger charge is -2.54. The molecule has 3 saturated carbocycles. The van der Waals surface area contributed by atoms with Gasteiger partial charge in [-0.15, -0.1) is 0 Å². The number of nitrogens with zero attached hydrogens (tertiary/aromatic N) is 2. The molecular formula is C23H45N2+. The van der Waals surface area contributed by atoms with Gasteiger partial charge < -0.3 is 9.38 Å². The normalized spacial score (nSPS) is 43.0. The standard InChI is InChI=1S/C23H45N2/c1-6-9-13-24(4)15-21-18(8-3)19-11-12-20(21)23-17-25(5,14-10-7-2)16-22(19)23/h18-23H,6-17H2,1-5H3/q+1. The molecule has 0 radical (unpaired) electrons. The third kappa shape index (κ3) is 3.95. The van der Waals surface area contributed by atoms with Gasteiger partial charge in [-0.1, -0.05) is 40.0 Å². The van der Waals surface area contributed by atoms with Crippen molar-refractivity contribution in [1.29, 1.82) is 0 Å². The lowest BCUT2D eigenvalue weighted by molar-refractivity contribution is -0.900. The first-order chi connectivity index (χ1) is 12.0. The van der Waals surface area contributed by atoms with Gasteiger partial charge in [0.15, 0.2) is 0 Å². The van der Waals surface area contributed by atoms with Crippen molar-refractivity contribution in [1.82, 2.24) is 4.90 Å². The van der Waals surface area contributed by atoms with Crippen LogP contribution in [0.1, 0.15) is 65.7 Å². The van der Waals surface area contributed by atoms with E-state index in [9.17, 15) is 0 Å². The summed E-state index contributed by atoms with van der Waals surface area (Å²) in [6.45, 7) is 14.3. The number of hydrogen-bond acceptors (Lipinski definition) is 1. The maximum atomic E-state index is 2.67. The fourth-order valence-electron chi connectivity index (χ4n) is 7.26. The summed E-state index contributed by atoms with van der Waals surface area (Å²) < 4.78 is 1.39. The molecule has 25 heavy (non-hydrogen) atoms. The van der Waals surface area contributed by atoms with Gasteiger partial charge in [-0.2, -0.15) is 0 Å². The minimum atomic E-state index is 0.990. The number of hydrogen-bond donors (Lipinski definition) is 0. The molecule has 7 unspecified atom stereocenters. The number of rotatable bonds is 9. The SMILES string of the molecule is CCCCN(C)CC1C(CC)C2CCC1C1C[N+](C)(CCCC)CC21. The smallest absolute Gasteiger partial charge is 0.0821 e. The molecule has 0 N–H and O–H groups in total. The fraction of sp³-hybridized carbons (Fsp3) is 1.00. The van der Waals surface area contributed by atoms with Crippen molar-refractivity contribution in [3.63, 3.8) is 0 Å². The third-order valence-corrected chi connectivity index (χ3v) is 8.37. The summed E-state index contributed by atoms with van der Waals surface area (Å²) >= 11 is 0. The highest BCUT2D eigenvalue weighted by Gasteiger charge is 2.59. The Morgan fingerprint density at radius 3 is 2.00 bits per heavy atom. The summed E-state index contributed by atoms with van der Waals surface area (Å²) in [5.41, 5.74) is 0. The first-order valence-electron chi connectivity index (χ1n) is 11.5. The van der Waals surface area contributed by atoms with Gasteiger partial charge in [0.25, 0.3) is 0 Å². The molecular weight excluding hydrogens is 304 g/mol. The van der Waals surface area contributed by atoms with E-state index in [0.717, 1.165) is 35.5 Å². The van der Waals surface area contributed by atoms with Gasteiger partial charge in [0.1, 0.15) is 0 Å². The zero-order valence-electron chi connectivity index (χ0n) is 17.8. The highest BCUT2D eigenvalue weighted by atomic mass is 15.4. The first-order valence-corrected chi connectivity index (χ1v) is 11.5. The van der Waals surface area contributed by atoms with E-state index < -0.39 is 0 Å². The third-order valence-electron chi connectivity index (χ3n) is 8.37. The highest BCUT2D eigenvalue weighted by molar-refractivity contribution is 5.03. The molecule has 0 aromatic heterocycles. The lowest BCUT2D eigenvalue weighted by Crippen LogP contribution is -2.53. The molecule has 4 aliphatic rings. The van der Waals surface area contributed by atoms with Gasteiger partial charge in [0.05, 0.1) is 26.7 Å². The molecule has 0 aromatic carbocycles. The van der Waals surface area contributed by atoms with Crippen LogP contribution in [0, 0.1) is 35.5 Å². The van der Waals surface area contributed by atoms with Crippen LogP contribution in [-0.2, 0) is 0 Å². The highest BCUT2D eigenvalue weighted by Crippen LogP contribution is 2.59. The maximum absolute atomic E-state index is 2.67. The van der Waals surface area contributed by atoms with Gasteiger partial charge in [0, 0.05) is 18.4 Å². The number of fused-ring (bicyclic) bond motifs is 2. The van der Waals surface area contributed by atoms with Crippen LogP contribution in [0.25, 0.3) is 0 Å². The van der Waals surface area contributed by atoms with E-state index >= 15 is 0 Å². The Labute approximate surface area is 157 Å². The fourth-order valence-corrected chi connectivity index (χ4v) is 7.26. The second kappa shape index (κ2) is 8.30. The second-order valence-corrected chi connectivity index (χ2v) is 10.1. The minimum absolute atomic E-state index is 0.990. The number of unbranched alkanes of at least 4 members (excludes halogenated alkanes) is 2. The summed E-state index contributed by atoms with van der Waals surface area (Å²) in [6.07, 6.45) is 10.00. The lowest BCUT2D eigenvalue weighted by atomic mass is 9.50. The largest absolute Gasteiger partial charge is 0.326 e. The van der Waals surface area contributed by atoms with Crippen LogP contribution in [-0.4, -0.2) is 56.2 Å². The second-order valence-electron chi connectivity index (χ2n) is 10.1. The van der Waals surface area contributed by atoms with E-state index in [0.29, 0.717) is 0 Å². The van der Waals surface area contributed by atoms with Crippen LogP contribution in [0.2, 0.25) is 0 Å². The molecule has 2 bridgehead atoms. The molecule has 3 aliphatic carbocycles. The van der Waals surface area contributed by atoms with Crippen LogP contribution in [0.4, 0.5) is 0 Å². The van der Waals surface area contributed by atoms with E-state index in [1.54, 1.807) is 12.8 Å². The summed E-state index contributed by atoms with van der Waals surface area (Å²) in [6, 6.07) is 0. The van der Waals surface area contributed by atoms with Crippen LogP contribution < -0.4 is 0 Å². The zero-order chi connectivity index (χ0) is 18.0. The van der Waals surface area contributed by atoms with E-state index in [2.05, 4.69) is 39.8 Å².